The van der Waals surface area contributed by atoms with Crippen LogP contribution >= 0.6 is 11.3 Å². The number of carbonyl (C=O) groups is 1. The van der Waals surface area contributed by atoms with Crippen LogP contribution in [0.15, 0.2) is 18.2 Å². The molecule has 1 fully saturated rings. The first-order valence-corrected chi connectivity index (χ1v) is 7.14. The summed E-state index contributed by atoms with van der Waals surface area (Å²) in [7, 11) is 0. The number of piperidine rings is 1. The van der Waals surface area contributed by atoms with E-state index >= 15 is 0 Å². The molecule has 1 aliphatic rings. The van der Waals surface area contributed by atoms with Crippen molar-refractivity contribution in [1.82, 2.24) is 10.3 Å². The molecule has 3 rings (SSSR count). The van der Waals surface area contributed by atoms with Gasteiger partial charge in [0.05, 0.1) is 16.3 Å². The van der Waals surface area contributed by atoms with Gasteiger partial charge >= 0.3 is 0 Å². The number of aromatic nitrogens is 1. The number of thiazole rings is 1. The monoisotopic (exact) mass is 259 g/mol. The zero-order chi connectivity index (χ0) is 12.5. The van der Waals surface area contributed by atoms with E-state index in [9.17, 15) is 4.79 Å². The van der Waals surface area contributed by atoms with E-state index in [-0.39, 0.29) is 11.8 Å². The van der Waals surface area contributed by atoms with Crippen LogP contribution in [-0.4, -0.2) is 23.4 Å². The topological polar surface area (TPSA) is 44.1 Å². The van der Waals surface area contributed by atoms with Crippen molar-refractivity contribution in [3.8, 4) is 0 Å². The minimum atomic E-state index is -0.153. The van der Waals surface area contributed by atoms with Crippen molar-refractivity contribution in [3.63, 3.8) is 0 Å². The second kappa shape index (κ2) is 4.78. The summed E-state index contributed by atoms with van der Waals surface area (Å²) in [4.78, 5) is 16.8. The van der Waals surface area contributed by atoms with Crippen molar-refractivity contribution in [1.29, 1.82) is 0 Å². The molecule has 3 nitrogen and oxygen atoms in total. The fourth-order valence-corrected chi connectivity index (χ4v) is 3.37. The highest BCUT2D eigenvalue weighted by molar-refractivity contribution is 7.20. The number of nitrogens with zero attached hydrogens (tertiary/aromatic N) is 2. The third kappa shape index (κ3) is 2.06. The number of hydrogen-bond acceptors (Lipinski definition) is 3. The normalized spacial score (nSPS) is 20.2. The molecule has 0 spiro atoms. The van der Waals surface area contributed by atoms with Gasteiger partial charge in [-0.1, -0.05) is 18.6 Å². The summed E-state index contributed by atoms with van der Waals surface area (Å²) in [5.74, 6) is 0.107. The summed E-state index contributed by atoms with van der Waals surface area (Å²) < 4.78 is 1.09. The van der Waals surface area contributed by atoms with Crippen molar-refractivity contribution < 1.29 is 4.79 Å². The molecular formula is C14H15N2OS. The van der Waals surface area contributed by atoms with Gasteiger partial charge in [-0.2, -0.15) is 0 Å². The maximum Gasteiger partial charge on any atom is 0.209 e. The van der Waals surface area contributed by atoms with E-state index in [0.717, 1.165) is 41.6 Å². The van der Waals surface area contributed by atoms with E-state index in [0.29, 0.717) is 5.01 Å². The quantitative estimate of drug-likeness (QED) is 0.778. The second-order valence-electron chi connectivity index (χ2n) is 4.72. The number of aryl methyl sites for hydroxylation is 1. The van der Waals surface area contributed by atoms with Crippen LogP contribution in [0.2, 0.25) is 0 Å². The minimum Gasteiger partial charge on any atom is -0.290 e. The molecule has 1 radical (unpaired) electrons. The number of fused-ring (bicyclic) bond motifs is 1. The van der Waals surface area contributed by atoms with E-state index < -0.39 is 0 Å². The predicted octanol–water partition coefficient (Wildman–Crippen LogP) is 2.94. The van der Waals surface area contributed by atoms with Crippen LogP contribution < -0.4 is 5.32 Å². The number of hydrogen-bond donors (Lipinski definition) is 0. The number of ketones is 1. The van der Waals surface area contributed by atoms with E-state index in [1.165, 1.54) is 11.3 Å². The van der Waals surface area contributed by atoms with Gasteiger partial charge in [-0.3, -0.25) is 4.79 Å². The highest BCUT2D eigenvalue weighted by Gasteiger charge is 2.25. The van der Waals surface area contributed by atoms with Crippen LogP contribution in [0.1, 0.15) is 34.6 Å². The fraction of sp³-hybridized carbons (Fsp3) is 0.429. The lowest BCUT2D eigenvalue weighted by Crippen LogP contribution is -2.35. The van der Waals surface area contributed by atoms with Crippen molar-refractivity contribution >= 4 is 27.3 Å². The van der Waals surface area contributed by atoms with Gasteiger partial charge in [-0.05, 0) is 31.4 Å². The Morgan fingerprint density at radius 1 is 1.39 bits per heavy atom. The SMILES string of the molecule is Cc1cccc2sc(C(=O)C3CCCC[N]3)nc12. The smallest absolute Gasteiger partial charge is 0.209 e. The highest BCUT2D eigenvalue weighted by atomic mass is 32.1. The molecule has 0 saturated carbocycles. The zero-order valence-electron chi connectivity index (χ0n) is 10.3. The average Bonchev–Trinajstić information content (AvgIpc) is 2.84. The maximum atomic E-state index is 12.3. The van der Waals surface area contributed by atoms with E-state index in [1.807, 2.05) is 25.1 Å². The first-order valence-electron chi connectivity index (χ1n) is 6.32. The van der Waals surface area contributed by atoms with Crippen LogP contribution in [0.25, 0.3) is 10.2 Å². The molecule has 4 heteroatoms. The third-order valence-corrected chi connectivity index (χ3v) is 4.40. The van der Waals surface area contributed by atoms with Crippen LogP contribution in [0, 0.1) is 6.92 Å². The molecule has 1 atom stereocenters. The van der Waals surface area contributed by atoms with Gasteiger partial charge in [0.25, 0.3) is 0 Å². The molecule has 1 unspecified atom stereocenters. The molecule has 1 aromatic heterocycles. The molecule has 2 aromatic rings. The molecule has 1 saturated heterocycles. The second-order valence-corrected chi connectivity index (χ2v) is 5.75. The number of benzene rings is 1. The summed E-state index contributed by atoms with van der Waals surface area (Å²) in [6.07, 6.45) is 3.10. The van der Waals surface area contributed by atoms with Gasteiger partial charge in [0.2, 0.25) is 5.78 Å². The van der Waals surface area contributed by atoms with E-state index in [4.69, 9.17) is 0 Å². The van der Waals surface area contributed by atoms with Gasteiger partial charge in [-0.15, -0.1) is 11.3 Å². The van der Waals surface area contributed by atoms with Gasteiger partial charge in [-0.25, -0.2) is 10.3 Å². The molecule has 1 aliphatic heterocycles. The Labute approximate surface area is 110 Å². The first kappa shape index (κ1) is 11.8. The minimum absolute atomic E-state index is 0.107. The molecule has 93 valence electrons. The van der Waals surface area contributed by atoms with Gasteiger partial charge < -0.3 is 0 Å². The first-order chi connectivity index (χ1) is 8.75. The Bertz CT molecular complexity index is 584. The Morgan fingerprint density at radius 2 is 2.28 bits per heavy atom. The van der Waals surface area contributed by atoms with Crippen molar-refractivity contribution in [3.05, 3.63) is 28.8 Å². The lowest BCUT2D eigenvalue weighted by atomic mass is 10.0. The van der Waals surface area contributed by atoms with Gasteiger partial charge in [0.15, 0.2) is 5.01 Å². The molecular weight excluding hydrogens is 244 g/mol. The highest BCUT2D eigenvalue weighted by Crippen LogP contribution is 2.26. The molecule has 0 aliphatic carbocycles. The maximum absolute atomic E-state index is 12.3. The zero-order valence-corrected chi connectivity index (χ0v) is 11.2. The molecule has 18 heavy (non-hydrogen) atoms. The Balaban J connectivity index is 1.94. The van der Waals surface area contributed by atoms with Crippen LogP contribution in [-0.2, 0) is 0 Å². The number of rotatable bonds is 2. The molecule has 0 amide bonds. The largest absolute Gasteiger partial charge is 0.290 e. The number of para-hydroxylation sites is 1. The van der Waals surface area contributed by atoms with Crippen molar-refractivity contribution in [2.45, 2.75) is 32.2 Å². The summed E-state index contributed by atoms with van der Waals surface area (Å²) in [5, 5.41) is 5.04. The Hall–Kier alpha value is -1.26. The lowest BCUT2D eigenvalue weighted by Gasteiger charge is -2.18. The van der Waals surface area contributed by atoms with Crippen LogP contribution in [0.4, 0.5) is 0 Å². The summed E-state index contributed by atoms with van der Waals surface area (Å²) in [6.45, 7) is 2.85. The fourth-order valence-electron chi connectivity index (χ4n) is 2.34. The predicted molar refractivity (Wildman–Crippen MR) is 73.3 cm³/mol. The van der Waals surface area contributed by atoms with Crippen molar-refractivity contribution in [2.75, 3.05) is 6.54 Å². The average molecular weight is 259 g/mol. The molecule has 1 aromatic carbocycles. The summed E-state index contributed by atoms with van der Waals surface area (Å²) in [5.41, 5.74) is 2.09. The van der Waals surface area contributed by atoms with E-state index in [2.05, 4.69) is 10.3 Å². The Morgan fingerprint density at radius 3 is 3.00 bits per heavy atom. The lowest BCUT2D eigenvalue weighted by molar-refractivity contribution is 0.0924. The molecule has 0 N–H and O–H groups in total. The van der Waals surface area contributed by atoms with Crippen molar-refractivity contribution in [2.24, 2.45) is 0 Å². The van der Waals surface area contributed by atoms with Gasteiger partial charge in [0.1, 0.15) is 0 Å². The summed E-state index contributed by atoms with van der Waals surface area (Å²) >= 11 is 1.49. The Kier molecular flexibility index (Phi) is 3.14. The number of Topliss-reactive ketones (excluding diaryl/α,β-unsaturated/α-hetero) is 1. The van der Waals surface area contributed by atoms with E-state index in [1.54, 1.807) is 0 Å². The summed E-state index contributed by atoms with van der Waals surface area (Å²) in [6, 6.07) is 5.91. The van der Waals surface area contributed by atoms with Crippen LogP contribution in [0.5, 0.6) is 0 Å². The molecule has 2 heterocycles. The van der Waals surface area contributed by atoms with Gasteiger partial charge in [0, 0.05) is 6.54 Å². The standard InChI is InChI=1S/C14H15N2OS/c1-9-5-4-7-11-12(9)16-14(18-11)13(17)10-6-2-3-8-15-10/h4-5,7,10H,2-3,6,8H2,1H3. The third-order valence-electron chi connectivity index (χ3n) is 3.37. The molecule has 0 bridgehead atoms. The number of carbonyl (C=O) groups excluding carboxylic acids is 1. The van der Waals surface area contributed by atoms with Crippen LogP contribution in [0.3, 0.4) is 0 Å².